The second-order valence-electron chi connectivity index (χ2n) is 3.30. The van der Waals surface area contributed by atoms with E-state index in [1.807, 2.05) is 4.72 Å². The summed E-state index contributed by atoms with van der Waals surface area (Å²) in [6.45, 7) is 3.05. The molecular formula is C7H16N4O5S. The Morgan fingerprint density at radius 3 is 2.59 bits per heavy atom. The van der Waals surface area contributed by atoms with Gasteiger partial charge in [-0.15, -0.1) is 0 Å². The first-order chi connectivity index (χ1) is 7.76. The topological polar surface area (TPSA) is 143 Å². The third kappa shape index (κ3) is 8.28. The number of hydrogen-bond donors (Lipinski definition) is 4. The van der Waals surface area contributed by atoms with Gasteiger partial charge in [-0.3, -0.25) is 0 Å². The maximum Gasteiger partial charge on any atom is 0.422 e. The third-order valence-electron chi connectivity index (χ3n) is 1.36. The minimum Gasteiger partial charge on any atom is -0.446 e. The molecule has 0 heterocycles. The maximum atomic E-state index is 11.2. The molecule has 0 bridgehead atoms. The number of ether oxygens (including phenoxy) is 1. The number of hydrogen-bond acceptors (Lipinski definition) is 6. The number of oxime groups is 1. The highest BCUT2D eigenvalue weighted by Crippen LogP contribution is 1.90. The normalized spacial score (nSPS) is 12.5. The van der Waals surface area contributed by atoms with Crippen molar-refractivity contribution in [3.05, 3.63) is 0 Å². The van der Waals surface area contributed by atoms with Gasteiger partial charge in [0, 0.05) is 13.0 Å². The fourth-order valence-corrected chi connectivity index (χ4v) is 1.46. The molecule has 0 rings (SSSR count). The second-order valence-corrected chi connectivity index (χ2v) is 4.79. The van der Waals surface area contributed by atoms with Crippen LogP contribution >= 0.6 is 0 Å². The van der Waals surface area contributed by atoms with E-state index in [2.05, 4.69) is 9.89 Å². The molecule has 0 aromatic heterocycles. The molecule has 9 nitrogen and oxygen atoms in total. The third-order valence-corrected chi connectivity index (χ3v) is 2.38. The van der Waals surface area contributed by atoms with E-state index in [4.69, 9.17) is 10.9 Å². The Morgan fingerprint density at radius 2 is 2.12 bits per heavy atom. The molecule has 0 aromatic carbocycles. The second kappa shape index (κ2) is 6.91. The Balaban J connectivity index is 4.09. The van der Waals surface area contributed by atoms with E-state index in [1.165, 1.54) is 0 Å². The lowest BCUT2D eigenvalue weighted by Gasteiger charge is -2.10. The fraction of sp³-hybridized carbons (Fsp3) is 0.714. The quantitative estimate of drug-likeness (QED) is 0.212. The molecule has 0 aliphatic heterocycles. The smallest absolute Gasteiger partial charge is 0.422 e. The van der Waals surface area contributed by atoms with Crippen molar-refractivity contribution < 1.29 is 23.2 Å². The summed E-state index contributed by atoms with van der Waals surface area (Å²) in [5.41, 5.74) is 5.12. The van der Waals surface area contributed by atoms with Gasteiger partial charge < -0.3 is 15.7 Å². The van der Waals surface area contributed by atoms with Crippen molar-refractivity contribution in [2.24, 2.45) is 10.9 Å². The number of carbonyl (C=O) groups excluding carboxylic acids is 1. The summed E-state index contributed by atoms with van der Waals surface area (Å²) in [6.07, 6.45) is -1.49. The number of carbonyl (C=O) groups is 1. The molecule has 10 heteroatoms. The predicted octanol–water partition coefficient (Wildman–Crippen LogP) is -0.908. The summed E-state index contributed by atoms with van der Waals surface area (Å²) in [5, 5.41) is 10.9. The van der Waals surface area contributed by atoms with Crippen molar-refractivity contribution in [3.8, 4) is 0 Å². The van der Waals surface area contributed by atoms with Gasteiger partial charge >= 0.3 is 16.3 Å². The Labute approximate surface area is 99.2 Å². The fourth-order valence-electron chi connectivity index (χ4n) is 0.747. The van der Waals surface area contributed by atoms with E-state index in [0.717, 1.165) is 0 Å². The molecule has 0 unspecified atom stereocenters. The zero-order valence-corrected chi connectivity index (χ0v) is 10.3. The molecule has 0 aromatic rings. The Hall–Kier alpha value is -1.55. The minimum absolute atomic E-state index is 0.0106. The van der Waals surface area contributed by atoms with E-state index in [9.17, 15) is 13.2 Å². The average molecular weight is 268 g/mol. The number of nitrogens with zero attached hydrogens (tertiary/aromatic N) is 1. The highest BCUT2D eigenvalue weighted by atomic mass is 32.2. The lowest BCUT2D eigenvalue weighted by molar-refractivity contribution is 0.121. The molecule has 0 atom stereocenters. The molecule has 0 radical (unpaired) electrons. The van der Waals surface area contributed by atoms with Crippen molar-refractivity contribution in [3.63, 3.8) is 0 Å². The average Bonchev–Trinajstić information content (AvgIpc) is 2.14. The van der Waals surface area contributed by atoms with E-state index >= 15 is 0 Å². The van der Waals surface area contributed by atoms with Gasteiger partial charge in [-0.2, -0.15) is 13.1 Å². The number of amidine groups is 1. The Kier molecular flexibility index (Phi) is 6.28. The SMILES string of the molecule is CC(C)OC(=O)NS(=O)(=O)NCCC(N)=NO. The van der Waals surface area contributed by atoms with E-state index in [-0.39, 0.29) is 18.8 Å². The van der Waals surface area contributed by atoms with Gasteiger partial charge in [-0.1, -0.05) is 5.16 Å². The van der Waals surface area contributed by atoms with Crippen LogP contribution in [0.2, 0.25) is 0 Å². The van der Waals surface area contributed by atoms with Crippen LogP contribution in [0.15, 0.2) is 5.16 Å². The lowest BCUT2D eigenvalue weighted by Crippen LogP contribution is -2.42. The highest BCUT2D eigenvalue weighted by molar-refractivity contribution is 7.88. The van der Waals surface area contributed by atoms with Crippen LogP contribution in [0.5, 0.6) is 0 Å². The van der Waals surface area contributed by atoms with Crippen LogP contribution in [0.4, 0.5) is 4.79 Å². The summed E-state index contributed by atoms with van der Waals surface area (Å²) in [5.74, 6) is -0.127. The number of amides is 1. The van der Waals surface area contributed by atoms with Crippen LogP contribution in [0.25, 0.3) is 0 Å². The first-order valence-electron chi connectivity index (χ1n) is 4.71. The van der Waals surface area contributed by atoms with Crippen molar-refractivity contribution >= 4 is 22.1 Å². The standard InChI is InChI=1S/C7H16N4O5S/c1-5(2)16-7(12)11-17(14,15)9-4-3-6(8)10-13/h5,9,13H,3-4H2,1-2H3,(H2,8,10)(H,11,12). The molecule has 0 spiro atoms. The number of nitrogens with two attached hydrogens (primary N) is 1. The zero-order valence-electron chi connectivity index (χ0n) is 9.50. The lowest BCUT2D eigenvalue weighted by atomic mass is 10.4. The van der Waals surface area contributed by atoms with Gasteiger partial charge in [0.05, 0.1) is 6.10 Å². The maximum absolute atomic E-state index is 11.2. The molecule has 0 saturated carbocycles. The van der Waals surface area contributed by atoms with Gasteiger partial charge in [0.1, 0.15) is 5.84 Å². The summed E-state index contributed by atoms with van der Waals surface area (Å²) < 4.78 is 30.7. The first kappa shape index (κ1) is 15.4. The monoisotopic (exact) mass is 268 g/mol. The van der Waals surface area contributed by atoms with Crippen LogP contribution < -0.4 is 15.2 Å². The van der Waals surface area contributed by atoms with Crippen molar-refractivity contribution in [2.75, 3.05) is 6.54 Å². The van der Waals surface area contributed by atoms with E-state index in [0.29, 0.717) is 0 Å². The van der Waals surface area contributed by atoms with Gasteiger partial charge in [0.15, 0.2) is 0 Å². The highest BCUT2D eigenvalue weighted by Gasteiger charge is 2.15. The zero-order chi connectivity index (χ0) is 13.5. The predicted molar refractivity (Wildman–Crippen MR) is 59.7 cm³/mol. The number of nitrogens with one attached hydrogen (secondary N) is 2. The number of rotatable bonds is 6. The van der Waals surface area contributed by atoms with Gasteiger partial charge in [0.25, 0.3) is 0 Å². The molecule has 5 N–H and O–H groups in total. The van der Waals surface area contributed by atoms with Gasteiger partial charge in [0.2, 0.25) is 0 Å². The molecule has 0 saturated heterocycles. The molecule has 0 aliphatic carbocycles. The Bertz CT molecular complexity index is 378. The summed E-state index contributed by atoms with van der Waals surface area (Å²) in [7, 11) is -4.00. The molecule has 0 fully saturated rings. The van der Waals surface area contributed by atoms with Gasteiger partial charge in [-0.05, 0) is 13.8 Å². The van der Waals surface area contributed by atoms with Crippen LogP contribution in [-0.4, -0.2) is 38.2 Å². The molecule has 0 aliphatic rings. The Morgan fingerprint density at radius 1 is 1.53 bits per heavy atom. The van der Waals surface area contributed by atoms with Crippen LogP contribution in [0.3, 0.4) is 0 Å². The van der Waals surface area contributed by atoms with Crippen LogP contribution in [-0.2, 0) is 14.9 Å². The molecular weight excluding hydrogens is 252 g/mol. The largest absolute Gasteiger partial charge is 0.446 e. The van der Waals surface area contributed by atoms with Crippen molar-refractivity contribution in [1.82, 2.24) is 9.44 Å². The molecule has 17 heavy (non-hydrogen) atoms. The van der Waals surface area contributed by atoms with Gasteiger partial charge in [-0.25, -0.2) is 9.52 Å². The van der Waals surface area contributed by atoms with Crippen molar-refractivity contribution in [2.45, 2.75) is 26.4 Å². The minimum atomic E-state index is -4.00. The summed E-state index contributed by atoms with van der Waals surface area (Å²) in [4.78, 5) is 11.0. The summed E-state index contributed by atoms with van der Waals surface area (Å²) >= 11 is 0. The van der Waals surface area contributed by atoms with E-state index in [1.54, 1.807) is 18.6 Å². The summed E-state index contributed by atoms with van der Waals surface area (Å²) in [6, 6.07) is 0. The van der Waals surface area contributed by atoms with E-state index < -0.39 is 22.4 Å². The first-order valence-corrected chi connectivity index (χ1v) is 6.19. The van der Waals surface area contributed by atoms with Crippen molar-refractivity contribution in [1.29, 1.82) is 0 Å². The molecule has 100 valence electrons. The van der Waals surface area contributed by atoms with Crippen LogP contribution in [0.1, 0.15) is 20.3 Å². The van der Waals surface area contributed by atoms with Crippen LogP contribution in [0, 0.1) is 0 Å². The molecule has 1 amide bonds.